The normalized spacial score (nSPS) is 19.5. The Bertz CT molecular complexity index is 605. The second-order valence-electron chi connectivity index (χ2n) is 7.11. The third kappa shape index (κ3) is 4.95. The van der Waals surface area contributed by atoms with Gasteiger partial charge in [0, 0.05) is 43.5 Å². The summed E-state index contributed by atoms with van der Waals surface area (Å²) in [4.78, 5) is 28.9. The first-order valence-electron chi connectivity index (χ1n) is 9.27. The molecule has 1 aliphatic heterocycles. The highest BCUT2D eigenvalue weighted by molar-refractivity contribution is 5.97. The Balaban J connectivity index is 1.57. The predicted molar refractivity (Wildman–Crippen MR) is 98.9 cm³/mol. The van der Waals surface area contributed by atoms with Gasteiger partial charge in [-0.15, -0.1) is 0 Å². The smallest absolute Gasteiger partial charge is 0.319 e. The van der Waals surface area contributed by atoms with E-state index in [4.69, 9.17) is 0 Å². The molecule has 1 aliphatic carbocycles. The fraction of sp³-hybridized carbons (Fsp3) is 0.579. The zero-order chi connectivity index (χ0) is 17.6. The summed E-state index contributed by atoms with van der Waals surface area (Å²) in [6.07, 6.45) is 5.72. The number of carbonyl (C=O) groups excluding carboxylic acids is 2. The van der Waals surface area contributed by atoms with Crippen molar-refractivity contribution in [3.05, 3.63) is 29.8 Å². The standard InChI is InChI=1S/C19H28N4O2/c1-22-10-12-23(13-11-22)18(24)15-6-5-9-17(14-15)21-19(25)20-16-7-3-2-4-8-16/h5-6,9,14,16H,2-4,7-8,10-13H2,1H3,(H2,20,21,25). The molecule has 0 unspecified atom stereocenters. The van der Waals surface area contributed by atoms with Crippen LogP contribution in [0.5, 0.6) is 0 Å². The number of urea groups is 1. The van der Waals surface area contributed by atoms with Crippen LogP contribution in [0.4, 0.5) is 10.5 Å². The minimum Gasteiger partial charge on any atom is -0.336 e. The molecule has 25 heavy (non-hydrogen) atoms. The van der Waals surface area contributed by atoms with Crippen LogP contribution >= 0.6 is 0 Å². The summed E-state index contributed by atoms with van der Waals surface area (Å²) in [5, 5.41) is 5.90. The van der Waals surface area contributed by atoms with Gasteiger partial charge in [-0.25, -0.2) is 4.79 Å². The van der Waals surface area contributed by atoms with Gasteiger partial charge >= 0.3 is 6.03 Å². The molecule has 0 atom stereocenters. The van der Waals surface area contributed by atoms with Crippen LogP contribution in [0.2, 0.25) is 0 Å². The van der Waals surface area contributed by atoms with E-state index in [1.54, 1.807) is 6.07 Å². The summed E-state index contributed by atoms with van der Waals surface area (Å²) < 4.78 is 0. The molecule has 1 saturated carbocycles. The van der Waals surface area contributed by atoms with E-state index in [2.05, 4.69) is 22.6 Å². The third-order valence-electron chi connectivity index (χ3n) is 5.10. The maximum Gasteiger partial charge on any atom is 0.319 e. The molecular formula is C19H28N4O2. The van der Waals surface area contributed by atoms with Gasteiger partial charge in [0.1, 0.15) is 0 Å². The number of nitrogens with zero attached hydrogens (tertiary/aromatic N) is 2. The van der Waals surface area contributed by atoms with E-state index >= 15 is 0 Å². The van der Waals surface area contributed by atoms with E-state index in [1.807, 2.05) is 23.1 Å². The van der Waals surface area contributed by atoms with Crippen LogP contribution in [0.25, 0.3) is 0 Å². The van der Waals surface area contributed by atoms with E-state index in [0.29, 0.717) is 11.3 Å². The molecule has 0 radical (unpaired) electrons. The van der Waals surface area contributed by atoms with Crippen LogP contribution < -0.4 is 10.6 Å². The molecule has 0 aromatic heterocycles. The van der Waals surface area contributed by atoms with Crippen LogP contribution in [0.15, 0.2) is 24.3 Å². The van der Waals surface area contributed by atoms with Gasteiger partial charge in [-0.1, -0.05) is 25.3 Å². The SMILES string of the molecule is CN1CCN(C(=O)c2cccc(NC(=O)NC3CCCCC3)c2)CC1. The molecule has 2 aliphatic rings. The van der Waals surface area contributed by atoms with Crippen molar-refractivity contribution in [3.8, 4) is 0 Å². The first-order valence-corrected chi connectivity index (χ1v) is 9.27. The van der Waals surface area contributed by atoms with Crippen molar-refractivity contribution in [2.45, 2.75) is 38.1 Å². The van der Waals surface area contributed by atoms with Crippen LogP contribution in [0.3, 0.4) is 0 Å². The number of benzene rings is 1. The number of nitrogens with one attached hydrogen (secondary N) is 2. The van der Waals surface area contributed by atoms with Gasteiger partial charge < -0.3 is 20.4 Å². The first-order chi connectivity index (χ1) is 12.1. The maximum absolute atomic E-state index is 12.6. The summed E-state index contributed by atoms with van der Waals surface area (Å²) >= 11 is 0. The molecule has 2 N–H and O–H groups in total. The summed E-state index contributed by atoms with van der Waals surface area (Å²) in [5.74, 6) is 0.0319. The van der Waals surface area contributed by atoms with Crippen LogP contribution in [-0.2, 0) is 0 Å². The molecule has 1 aromatic rings. The minimum atomic E-state index is -0.184. The van der Waals surface area contributed by atoms with Gasteiger partial charge in [-0.3, -0.25) is 4.79 Å². The second kappa shape index (κ2) is 8.34. The third-order valence-corrected chi connectivity index (χ3v) is 5.10. The van der Waals surface area contributed by atoms with Crippen molar-refractivity contribution in [1.29, 1.82) is 0 Å². The fourth-order valence-electron chi connectivity index (χ4n) is 3.52. The highest BCUT2D eigenvalue weighted by atomic mass is 16.2. The monoisotopic (exact) mass is 344 g/mol. The molecule has 3 amide bonds. The van der Waals surface area contributed by atoms with Gasteiger partial charge in [-0.05, 0) is 38.1 Å². The Morgan fingerprint density at radius 3 is 2.48 bits per heavy atom. The van der Waals surface area contributed by atoms with E-state index < -0.39 is 0 Å². The van der Waals surface area contributed by atoms with E-state index in [1.165, 1.54) is 19.3 Å². The molecule has 1 heterocycles. The van der Waals surface area contributed by atoms with Crippen LogP contribution in [0.1, 0.15) is 42.5 Å². The zero-order valence-electron chi connectivity index (χ0n) is 15.0. The lowest BCUT2D eigenvalue weighted by Crippen LogP contribution is -2.47. The van der Waals surface area contributed by atoms with Gasteiger partial charge in [0.05, 0.1) is 0 Å². The average Bonchev–Trinajstić information content (AvgIpc) is 2.63. The predicted octanol–water partition coefficient (Wildman–Crippen LogP) is 2.53. The Morgan fingerprint density at radius 2 is 1.76 bits per heavy atom. The molecule has 6 heteroatoms. The Labute approximate surface area is 149 Å². The molecule has 6 nitrogen and oxygen atoms in total. The van der Waals surface area contributed by atoms with Gasteiger partial charge in [0.15, 0.2) is 0 Å². The highest BCUT2D eigenvalue weighted by Crippen LogP contribution is 2.18. The average molecular weight is 344 g/mol. The van der Waals surface area contributed by atoms with Crippen molar-refractivity contribution < 1.29 is 9.59 Å². The number of anilines is 1. The molecule has 136 valence electrons. The number of piperazine rings is 1. The molecule has 1 saturated heterocycles. The summed E-state index contributed by atoms with van der Waals surface area (Å²) in [7, 11) is 2.07. The number of amides is 3. The quantitative estimate of drug-likeness (QED) is 0.886. The lowest BCUT2D eigenvalue weighted by molar-refractivity contribution is 0.0664. The molecule has 2 fully saturated rings. The molecule has 0 bridgehead atoms. The van der Waals surface area contributed by atoms with Crippen molar-refractivity contribution in [2.24, 2.45) is 0 Å². The molecule has 3 rings (SSSR count). The Morgan fingerprint density at radius 1 is 1.04 bits per heavy atom. The highest BCUT2D eigenvalue weighted by Gasteiger charge is 2.21. The maximum atomic E-state index is 12.6. The fourth-order valence-corrected chi connectivity index (χ4v) is 3.52. The summed E-state index contributed by atoms with van der Waals surface area (Å²) in [6.45, 7) is 3.28. The van der Waals surface area contributed by atoms with Gasteiger partial charge in [0.2, 0.25) is 0 Å². The van der Waals surface area contributed by atoms with E-state index in [9.17, 15) is 9.59 Å². The molecule has 1 aromatic carbocycles. The van der Waals surface area contributed by atoms with Crippen molar-refractivity contribution in [3.63, 3.8) is 0 Å². The number of hydrogen-bond acceptors (Lipinski definition) is 3. The largest absolute Gasteiger partial charge is 0.336 e. The molecular weight excluding hydrogens is 316 g/mol. The number of rotatable bonds is 3. The Kier molecular flexibility index (Phi) is 5.91. The summed E-state index contributed by atoms with van der Waals surface area (Å²) in [6, 6.07) is 7.30. The van der Waals surface area contributed by atoms with Gasteiger partial charge in [-0.2, -0.15) is 0 Å². The van der Waals surface area contributed by atoms with Crippen molar-refractivity contribution in [2.75, 3.05) is 38.5 Å². The summed E-state index contributed by atoms with van der Waals surface area (Å²) in [5.41, 5.74) is 1.29. The minimum absolute atomic E-state index is 0.0319. The van der Waals surface area contributed by atoms with Gasteiger partial charge in [0.25, 0.3) is 5.91 Å². The van der Waals surface area contributed by atoms with E-state index in [-0.39, 0.29) is 18.0 Å². The first kappa shape index (κ1) is 17.7. The lowest BCUT2D eigenvalue weighted by atomic mass is 9.96. The molecule has 0 spiro atoms. The van der Waals surface area contributed by atoms with Crippen LogP contribution in [-0.4, -0.2) is 61.0 Å². The topological polar surface area (TPSA) is 64.7 Å². The van der Waals surface area contributed by atoms with Crippen LogP contribution in [0, 0.1) is 0 Å². The zero-order valence-corrected chi connectivity index (χ0v) is 15.0. The van der Waals surface area contributed by atoms with Crippen molar-refractivity contribution >= 4 is 17.6 Å². The number of carbonyl (C=O) groups is 2. The van der Waals surface area contributed by atoms with Crippen molar-refractivity contribution in [1.82, 2.24) is 15.1 Å². The second-order valence-corrected chi connectivity index (χ2v) is 7.11. The number of hydrogen-bond donors (Lipinski definition) is 2. The Hall–Kier alpha value is -2.08. The van der Waals surface area contributed by atoms with E-state index in [0.717, 1.165) is 39.0 Å². The number of likely N-dealkylation sites (N-methyl/N-ethyl adjacent to an activating group) is 1. The lowest BCUT2D eigenvalue weighted by Gasteiger charge is -2.32.